The molecule has 2 heterocycles. The number of pyridine rings is 1. The first-order chi connectivity index (χ1) is 5.42. The molecule has 0 aliphatic rings. The monoisotopic (exact) mass is 147 g/mol. The zero-order valence-corrected chi connectivity index (χ0v) is 5.61. The van der Waals surface area contributed by atoms with Crippen LogP contribution >= 0.6 is 0 Å². The molecule has 0 saturated carbocycles. The van der Waals surface area contributed by atoms with Crippen LogP contribution in [0, 0.1) is 0 Å². The van der Waals surface area contributed by atoms with Gasteiger partial charge in [0, 0.05) is 17.8 Å². The van der Waals surface area contributed by atoms with E-state index in [1.807, 2.05) is 0 Å². The van der Waals surface area contributed by atoms with Gasteiger partial charge in [-0.15, -0.1) is 0 Å². The number of nitrogens with one attached hydrogen (secondary N) is 1. The van der Waals surface area contributed by atoms with Crippen LogP contribution in [0.4, 0.5) is 0 Å². The number of aromatic amines is 1. The lowest BCUT2D eigenvalue weighted by Crippen LogP contribution is -1.83. The lowest BCUT2D eigenvalue weighted by atomic mass is 10.2. The maximum Gasteiger partial charge on any atom is 0.153 e. The van der Waals surface area contributed by atoms with Crippen LogP contribution in [0.25, 0.3) is 10.9 Å². The molecule has 0 amide bonds. The molecular formula is C7H5N3O. The van der Waals surface area contributed by atoms with Crippen molar-refractivity contribution >= 4 is 17.2 Å². The summed E-state index contributed by atoms with van der Waals surface area (Å²) in [5.41, 5.74) is 1.29. The molecule has 0 fully saturated rings. The molecule has 2 rings (SSSR count). The van der Waals surface area contributed by atoms with Crippen LogP contribution in [-0.2, 0) is 0 Å². The molecule has 4 heteroatoms. The average Bonchev–Trinajstić information content (AvgIpc) is 2.50. The SMILES string of the molecule is O=Cc1cncc2cn[nH]c12. The third-order valence-corrected chi connectivity index (χ3v) is 1.51. The highest BCUT2D eigenvalue weighted by molar-refractivity contribution is 5.94. The Morgan fingerprint density at radius 2 is 2.27 bits per heavy atom. The van der Waals surface area contributed by atoms with E-state index in [9.17, 15) is 4.79 Å². The summed E-state index contributed by atoms with van der Waals surface area (Å²) in [7, 11) is 0. The van der Waals surface area contributed by atoms with Gasteiger partial charge in [0.05, 0.1) is 17.3 Å². The van der Waals surface area contributed by atoms with E-state index in [-0.39, 0.29) is 0 Å². The molecule has 0 atom stereocenters. The number of fused-ring (bicyclic) bond motifs is 1. The van der Waals surface area contributed by atoms with E-state index in [4.69, 9.17) is 0 Å². The number of hydrogen-bond donors (Lipinski definition) is 1. The van der Waals surface area contributed by atoms with E-state index >= 15 is 0 Å². The first-order valence-corrected chi connectivity index (χ1v) is 3.14. The fourth-order valence-electron chi connectivity index (χ4n) is 0.976. The molecule has 1 N–H and O–H groups in total. The third kappa shape index (κ3) is 0.797. The predicted octanol–water partition coefficient (Wildman–Crippen LogP) is 0.770. The number of nitrogens with zero attached hydrogens (tertiary/aromatic N) is 2. The molecule has 54 valence electrons. The van der Waals surface area contributed by atoms with Crippen LogP contribution in [0.1, 0.15) is 10.4 Å². The Labute approximate surface area is 62.3 Å². The maximum absolute atomic E-state index is 10.4. The highest BCUT2D eigenvalue weighted by atomic mass is 16.1. The molecule has 0 aliphatic carbocycles. The molecule has 11 heavy (non-hydrogen) atoms. The second-order valence-electron chi connectivity index (χ2n) is 2.18. The number of aromatic nitrogens is 3. The Hall–Kier alpha value is -1.71. The van der Waals surface area contributed by atoms with E-state index in [0.29, 0.717) is 5.56 Å². The number of H-pyrrole nitrogens is 1. The molecule has 4 nitrogen and oxygen atoms in total. The normalized spacial score (nSPS) is 10.2. The summed E-state index contributed by atoms with van der Waals surface area (Å²) in [6.45, 7) is 0. The highest BCUT2D eigenvalue weighted by Crippen LogP contribution is 2.10. The number of hydrogen-bond acceptors (Lipinski definition) is 3. The Morgan fingerprint density at radius 1 is 1.36 bits per heavy atom. The van der Waals surface area contributed by atoms with Crippen molar-refractivity contribution in [1.29, 1.82) is 0 Å². The Balaban J connectivity index is 2.88. The molecule has 2 aromatic rings. The summed E-state index contributed by atoms with van der Waals surface area (Å²) in [4.78, 5) is 14.3. The van der Waals surface area contributed by atoms with Gasteiger partial charge in [0.25, 0.3) is 0 Å². The lowest BCUT2D eigenvalue weighted by Gasteiger charge is -1.89. The molecule has 2 aromatic heterocycles. The van der Waals surface area contributed by atoms with Crippen molar-refractivity contribution in [2.45, 2.75) is 0 Å². The van der Waals surface area contributed by atoms with Gasteiger partial charge in [-0.25, -0.2) is 0 Å². The summed E-state index contributed by atoms with van der Waals surface area (Å²) in [5.74, 6) is 0. The van der Waals surface area contributed by atoms with Crippen molar-refractivity contribution in [3.63, 3.8) is 0 Å². The van der Waals surface area contributed by atoms with E-state index in [1.165, 1.54) is 6.20 Å². The van der Waals surface area contributed by atoms with Crippen LogP contribution in [0.5, 0.6) is 0 Å². The summed E-state index contributed by atoms with van der Waals surface area (Å²) in [5, 5.41) is 7.36. The van der Waals surface area contributed by atoms with Gasteiger partial charge in [-0.2, -0.15) is 5.10 Å². The molecule has 0 bridgehead atoms. The topological polar surface area (TPSA) is 58.6 Å². The Bertz CT molecular complexity index is 393. The average molecular weight is 147 g/mol. The van der Waals surface area contributed by atoms with Gasteiger partial charge in [0.15, 0.2) is 6.29 Å². The minimum atomic E-state index is 0.542. The zero-order valence-electron chi connectivity index (χ0n) is 5.61. The highest BCUT2D eigenvalue weighted by Gasteiger charge is 2.00. The second kappa shape index (κ2) is 2.16. The van der Waals surface area contributed by atoms with Crippen LogP contribution < -0.4 is 0 Å². The van der Waals surface area contributed by atoms with E-state index in [2.05, 4.69) is 15.2 Å². The van der Waals surface area contributed by atoms with Gasteiger partial charge >= 0.3 is 0 Å². The van der Waals surface area contributed by atoms with Crippen LogP contribution in [0.2, 0.25) is 0 Å². The van der Waals surface area contributed by atoms with Crippen molar-refractivity contribution < 1.29 is 4.79 Å². The van der Waals surface area contributed by atoms with Crippen molar-refractivity contribution in [2.75, 3.05) is 0 Å². The van der Waals surface area contributed by atoms with Crippen LogP contribution in [0.3, 0.4) is 0 Å². The fourth-order valence-corrected chi connectivity index (χ4v) is 0.976. The molecule has 0 spiro atoms. The summed E-state index contributed by atoms with van der Waals surface area (Å²) < 4.78 is 0. The molecule has 0 unspecified atom stereocenters. The van der Waals surface area contributed by atoms with Crippen LogP contribution in [-0.4, -0.2) is 21.5 Å². The molecule has 0 aromatic carbocycles. The van der Waals surface area contributed by atoms with Gasteiger partial charge in [0.2, 0.25) is 0 Å². The first kappa shape index (κ1) is 6.03. The zero-order chi connectivity index (χ0) is 7.68. The van der Waals surface area contributed by atoms with Gasteiger partial charge in [0.1, 0.15) is 0 Å². The van der Waals surface area contributed by atoms with Crippen molar-refractivity contribution in [3.8, 4) is 0 Å². The van der Waals surface area contributed by atoms with Gasteiger partial charge in [-0.1, -0.05) is 0 Å². The molecular weight excluding hydrogens is 142 g/mol. The van der Waals surface area contributed by atoms with E-state index in [0.717, 1.165) is 17.2 Å². The first-order valence-electron chi connectivity index (χ1n) is 3.14. The smallest absolute Gasteiger partial charge is 0.153 e. The Kier molecular flexibility index (Phi) is 1.18. The van der Waals surface area contributed by atoms with Crippen molar-refractivity contribution in [2.24, 2.45) is 0 Å². The molecule has 0 radical (unpaired) electrons. The summed E-state index contributed by atoms with van der Waals surface area (Å²) in [6.07, 6.45) is 5.56. The standard InChI is InChI=1S/C7H5N3O/c11-4-6-2-8-1-5-3-9-10-7(5)6/h1-4H,(H,9,10). The van der Waals surface area contributed by atoms with Gasteiger partial charge in [-0.3, -0.25) is 14.9 Å². The number of carbonyl (C=O) groups excluding carboxylic acids is 1. The lowest BCUT2D eigenvalue weighted by molar-refractivity contribution is 0.112. The minimum absolute atomic E-state index is 0.542. The van der Waals surface area contributed by atoms with E-state index in [1.54, 1.807) is 12.4 Å². The Morgan fingerprint density at radius 3 is 3.09 bits per heavy atom. The van der Waals surface area contributed by atoms with Crippen molar-refractivity contribution in [1.82, 2.24) is 15.2 Å². The summed E-state index contributed by atoms with van der Waals surface area (Å²) in [6, 6.07) is 0. The van der Waals surface area contributed by atoms with Gasteiger partial charge < -0.3 is 0 Å². The number of carbonyl (C=O) groups is 1. The largest absolute Gasteiger partial charge is 0.298 e. The minimum Gasteiger partial charge on any atom is -0.298 e. The summed E-state index contributed by atoms with van der Waals surface area (Å²) >= 11 is 0. The fraction of sp³-hybridized carbons (Fsp3) is 0. The predicted molar refractivity (Wildman–Crippen MR) is 39.3 cm³/mol. The maximum atomic E-state index is 10.4. The number of rotatable bonds is 1. The second-order valence-corrected chi connectivity index (χ2v) is 2.18. The van der Waals surface area contributed by atoms with Crippen LogP contribution in [0.15, 0.2) is 18.6 Å². The molecule has 0 aliphatic heterocycles. The number of aldehydes is 1. The quantitative estimate of drug-likeness (QED) is 0.606. The molecule has 0 saturated heterocycles. The third-order valence-electron chi connectivity index (χ3n) is 1.51. The van der Waals surface area contributed by atoms with Gasteiger partial charge in [-0.05, 0) is 0 Å². The van der Waals surface area contributed by atoms with Crippen molar-refractivity contribution in [3.05, 3.63) is 24.2 Å². The van der Waals surface area contributed by atoms with E-state index < -0.39 is 0 Å².